The van der Waals surface area contributed by atoms with Crippen LogP contribution in [0.2, 0.25) is 11.1 Å². The third kappa shape index (κ3) is 3.01. The number of aryl methyl sites for hydroxylation is 2. The molecule has 0 unspecified atom stereocenters. The van der Waals surface area contributed by atoms with Crippen LogP contribution in [0.15, 0.2) is 40.5 Å². The van der Waals surface area contributed by atoms with Gasteiger partial charge in [0.25, 0.3) is 0 Å². The Morgan fingerprint density at radius 3 is 1.77 bits per heavy atom. The molecule has 0 radical (unpaired) electrons. The van der Waals surface area contributed by atoms with E-state index in [1.54, 1.807) is 22.3 Å². The highest BCUT2D eigenvalue weighted by Gasteiger charge is 2.39. The quantitative estimate of drug-likeness (QED) is 0.613. The number of hydrogen-bond acceptors (Lipinski definition) is 0. The largest absolute Gasteiger partial charge is 0.0657 e. The van der Waals surface area contributed by atoms with Gasteiger partial charge in [-0.1, -0.05) is 59.9 Å². The highest BCUT2D eigenvalue weighted by atomic mass is 28.2. The molecular formula is C21H32Si. The van der Waals surface area contributed by atoms with Crippen LogP contribution in [0, 0.1) is 13.8 Å². The first kappa shape index (κ1) is 17.3. The van der Waals surface area contributed by atoms with Gasteiger partial charge in [0, 0.05) is 14.6 Å². The second-order valence-corrected chi connectivity index (χ2v) is 9.77. The molecular weight excluding hydrogens is 280 g/mol. The zero-order valence-electron chi connectivity index (χ0n) is 15.6. The van der Waals surface area contributed by atoms with E-state index in [9.17, 15) is 0 Å². The van der Waals surface area contributed by atoms with Crippen molar-refractivity contribution in [1.29, 1.82) is 0 Å². The standard InChI is InChI=1S/C21H32Si/c1-8-9-22-21(18(6)16(4)17(5)19(21)7)13-20-11-14(2)10-15(3)12-20/h10-12H,8-9,13,22H2,1-7H3. The zero-order valence-corrected chi connectivity index (χ0v) is 17.0. The highest BCUT2D eigenvalue weighted by molar-refractivity contribution is 6.43. The Hall–Kier alpha value is -1.08. The van der Waals surface area contributed by atoms with Gasteiger partial charge in [-0.05, 0) is 64.7 Å². The summed E-state index contributed by atoms with van der Waals surface area (Å²) in [4.78, 5) is 0. The van der Waals surface area contributed by atoms with Gasteiger partial charge in [-0.15, -0.1) is 0 Å². The van der Waals surface area contributed by atoms with Crippen LogP contribution < -0.4 is 0 Å². The van der Waals surface area contributed by atoms with Crippen molar-refractivity contribution in [3.63, 3.8) is 0 Å². The van der Waals surface area contributed by atoms with E-state index in [2.05, 4.69) is 66.7 Å². The minimum atomic E-state index is -0.162. The lowest BCUT2D eigenvalue weighted by Crippen LogP contribution is -2.25. The summed E-state index contributed by atoms with van der Waals surface area (Å²) in [7, 11) is -0.162. The molecule has 0 nitrogen and oxygen atoms in total. The van der Waals surface area contributed by atoms with Gasteiger partial charge in [-0.2, -0.15) is 0 Å². The van der Waals surface area contributed by atoms with Crippen LogP contribution in [0.25, 0.3) is 0 Å². The van der Waals surface area contributed by atoms with Gasteiger partial charge in [-0.25, -0.2) is 0 Å². The third-order valence-corrected chi connectivity index (χ3v) is 9.09. The molecule has 1 aromatic carbocycles. The molecule has 22 heavy (non-hydrogen) atoms. The molecule has 0 saturated heterocycles. The summed E-state index contributed by atoms with van der Waals surface area (Å²) in [6.07, 6.45) is 2.55. The van der Waals surface area contributed by atoms with E-state index in [-0.39, 0.29) is 9.52 Å². The van der Waals surface area contributed by atoms with Crippen LogP contribution in [0.5, 0.6) is 0 Å². The van der Waals surface area contributed by atoms with Crippen LogP contribution in [0.3, 0.4) is 0 Å². The predicted octanol–water partition coefficient (Wildman–Crippen LogP) is 5.69. The molecule has 0 aromatic heterocycles. The Morgan fingerprint density at radius 2 is 1.32 bits per heavy atom. The first-order valence-electron chi connectivity index (χ1n) is 8.75. The van der Waals surface area contributed by atoms with Crippen LogP contribution in [-0.2, 0) is 6.42 Å². The lowest BCUT2D eigenvalue weighted by Gasteiger charge is -2.34. The number of benzene rings is 1. The van der Waals surface area contributed by atoms with Crippen molar-refractivity contribution in [3.8, 4) is 0 Å². The first-order chi connectivity index (χ1) is 10.3. The molecule has 0 heterocycles. The molecule has 0 bridgehead atoms. The van der Waals surface area contributed by atoms with Crippen molar-refractivity contribution in [3.05, 3.63) is 57.2 Å². The van der Waals surface area contributed by atoms with E-state index in [4.69, 9.17) is 0 Å². The fourth-order valence-electron chi connectivity index (χ4n) is 4.29. The van der Waals surface area contributed by atoms with Crippen molar-refractivity contribution < 1.29 is 0 Å². The summed E-state index contributed by atoms with van der Waals surface area (Å²) in [5.74, 6) is 0. The van der Waals surface area contributed by atoms with Gasteiger partial charge in [0.05, 0.1) is 0 Å². The van der Waals surface area contributed by atoms with Gasteiger partial charge < -0.3 is 0 Å². The van der Waals surface area contributed by atoms with Gasteiger partial charge in [0.2, 0.25) is 0 Å². The normalized spacial score (nSPS) is 18.1. The summed E-state index contributed by atoms with van der Waals surface area (Å²) >= 11 is 0. The number of hydrogen-bond donors (Lipinski definition) is 0. The topological polar surface area (TPSA) is 0 Å². The fraction of sp³-hybridized carbons (Fsp3) is 0.524. The third-order valence-electron chi connectivity index (χ3n) is 5.87. The number of allylic oxidation sites excluding steroid dienone is 4. The minimum Gasteiger partial charge on any atom is -0.0657 e. The first-order valence-corrected chi connectivity index (χ1v) is 10.5. The Balaban J connectivity index is 2.48. The van der Waals surface area contributed by atoms with Crippen molar-refractivity contribution in [2.45, 2.75) is 72.4 Å². The molecule has 1 aliphatic rings. The van der Waals surface area contributed by atoms with Gasteiger partial charge >= 0.3 is 0 Å². The van der Waals surface area contributed by atoms with Crippen molar-refractivity contribution in [1.82, 2.24) is 0 Å². The van der Waals surface area contributed by atoms with Crippen molar-refractivity contribution in [2.24, 2.45) is 0 Å². The molecule has 0 fully saturated rings. The van der Waals surface area contributed by atoms with E-state index in [1.165, 1.54) is 35.6 Å². The minimum absolute atomic E-state index is 0.162. The fourth-order valence-corrected chi connectivity index (χ4v) is 6.99. The smallest absolute Gasteiger partial charge is 0.0377 e. The molecule has 2 rings (SSSR count). The SMILES string of the molecule is CCC[SiH2]C1(Cc2cc(C)cc(C)c2)C(C)=C(C)C(C)=C1C. The maximum Gasteiger partial charge on any atom is 0.0377 e. The summed E-state index contributed by atoms with van der Waals surface area (Å²) in [6.45, 7) is 16.3. The molecule has 1 heteroatoms. The van der Waals surface area contributed by atoms with Crippen LogP contribution in [0.4, 0.5) is 0 Å². The van der Waals surface area contributed by atoms with E-state index in [0.717, 1.165) is 0 Å². The molecule has 0 spiro atoms. The molecule has 1 aromatic rings. The van der Waals surface area contributed by atoms with E-state index in [0.29, 0.717) is 5.04 Å². The maximum absolute atomic E-state index is 2.40. The van der Waals surface area contributed by atoms with Crippen molar-refractivity contribution >= 4 is 9.52 Å². The summed E-state index contributed by atoms with van der Waals surface area (Å²) < 4.78 is 0. The Labute approximate surface area is 139 Å². The highest BCUT2D eigenvalue weighted by Crippen LogP contribution is 2.54. The molecule has 0 N–H and O–H groups in total. The van der Waals surface area contributed by atoms with E-state index in [1.807, 2.05) is 0 Å². The molecule has 0 aliphatic heterocycles. The van der Waals surface area contributed by atoms with Gasteiger partial charge in [-0.3, -0.25) is 0 Å². The lowest BCUT2D eigenvalue weighted by atomic mass is 9.87. The number of rotatable bonds is 5. The van der Waals surface area contributed by atoms with Gasteiger partial charge in [0.1, 0.15) is 0 Å². The zero-order chi connectivity index (χ0) is 16.5. The van der Waals surface area contributed by atoms with Crippen LogP contribution >= 0.6 is 0 Å². The lowest BCUT2D eigenvalue weighted by molar-refractivity contribution is 0.724. The Morgan fingerprint density at radius 1 is 0.818 bits per heavy atom. The van der Waals surface area contributed by atoms with Gasteiger partial charge in [0.15, 0.2) is 0 Å². The average Bonchev–Trinajstić information content (AvgIpc) is 2.60. The average molecular weight is 313 g/mol. The molecule has 120 valence electrons. The summed E-state index contributed by atoms with van der Waals surface area (Å²) in [5, 5.41) is 0.393. The maximum atomic E-state index is 2.40. The molecule has 0 amide bonds. The molecule has 1 aliphatic carbocycles. The molecule has 0 atom stereocenters. The Kier molecular flexibility index (Phi) is 5.16. The second kappa shape index (κ2) is 6.58. The second-order valence-electron chi connectivity index (χ2n) is 7.36. The summed E-state index contributed by atoms with van der Waals surface area (Å²) in [6, 6.07) is 8.54. The summed E-state index contributed by atoms with van der Waals surface area (Å²) in [5.41, 5.74) is 10.8. The van der Waals surface area contributed by atoms with Crippen LogP contribution in [0.1, 0.15) is 57.7 Å². The van der Waals surface area contributed by atoms with E-state index < -0.39 is 0 Å². The monoisotopic (exact) mass is 312 g/mol. The van der Waals surface area contributed by atoms with E-state index >= 15 is 0 Å². The predicted molar refractivity (Wildman–Crippen MR) is 103 cm³/mol. The Bertz CT molecular complexity index is 587. The molecule has 0 saturated carbocycles. The van der Waals surface area contributed by atoms with Crippen LogP contribution in [-0.4, -0.2) is 9.52 Å². The van der Waals surface area contributed by atoms with Crippen molar-refractivity contribution in [2.75, 3.05) is 0 Å².